The monoisotopic (exact) mass is 402 g/mol. The highest BCUT2D eigenvalue weighted by atomic mass is 16.5. The van der Waals surface area contributed by atoms with Crippen molar-refractivity contribution >= 4 is 11.6 Å². The minimum atomic E-state index is -0.683. The second kappa shape index (κ2) is 11.0. The van der Waals surface area contributed by atoms with Gasteiger partial charge in [-0.3, -0.25) is 4.79 Å². The molecule has 0 unspecified atom stereocenters. The first-order valence-corrected chi connectivity index (χ1v) is 11.4. The SMILES string of the molecule is COC1(C(=O)Nc2ccc(OCCCN3CCC(C)CC3)cc2)CCCCCC1. The third-order valence-electron chi connectivity index (χ3n) is 6.59. The fraction of sp³-hybridized carbons (Fsp3) is 0.708. The summed E-state index contributed by atoms with van der Waals surface area (Å²) in [5.41, 5.74) is 0.114. The summed E-state index contributed by atoms with van der Waals surface area (Å²) in [6.45, 7) is 6.62. The number of hydrogen-bond donors (Lipinski definition) is 1. The number of piperidine rings is 1. The second-order valence-electron chi connectivity index (χ2n) is 8.82. The van der Waals surface area contributed by atoms with E-state index in [0.717, 1.165) is 62.6 Å². The standard InChI is InChI=1S/C24H38N2O3/c1-20-12-17-26(18-13-20)16-7-19-29-22-10-8-21(9-11-22)25-23(27)24(28-2)14-5-3-4-6-15-24/h8-11,20H,3-7,12-19H2,1-2H3,(H,25,27). The zero-order valence-corrected chi connectivity index (χ0v) is 18.3. The predicted octanol–water partition coefficient (Wildman–Crippen LogP) is 4.87. The van der Waals surface area contributed by atoms with Crippen LogP contribution in [0.3, 0.4) is 0 Å². The summed E-state index contributed by atoms with van der Waals surface area (Å²) in [7, 11) is 1.66. The number of carbonyl (C=O) groups excluding carboxylic acids is 1. The molecule has 1 heterocycles. The maximum Gasteiger partial charge on any atom is 0.256 e. The lowest BCUT2D eigenvalue weighted by atomic mass is 9.93. The van der Waals surface area contributed by atoms with Gasteiger partial charge in [-0.1, -0.05) is 32.6 Å². The molecule has 5 nitrogen and oxygen atoms in total. The molecule has 2 fully saturated rings. The van der Waals surface area contributed by atoms with E-state index in [0.29, 0.717) is 0 Å². The molecule has 5 heteroatoms. The van der Waals surface area contributed by atoms with Gasteiger partial charge in [0.2, 0.25) is 0 Å². The number of benzene rings is 1. The normalized spacial score (nSPS) is 20.8. The molecule has 3 rings (SSSR count). The number of amides is 1. The van der Waals surface area contributed by atoms with Crippen molar-refractivity contribution in [1.82, 2.24) is 4.90 Å². The topological polar surface area (TPSA) is 50.8 Å². The Kier molecular flexibility index (Phi) is 8.37. The van der Waals surface area contributed by atoms with Crippen LogP contribution in [-0.4, -0.2) is 49.8 Å². The van der Waals surface area contributed by atoms with E-state index in [-0.39, 0.29) is 5.91 Å². The molecule has 2 aliphatic rings. The summed E-state index contributed by atoms with van der Waals surface area (Å²) < 4.78 is 11.6. The van der Waals surface area contributed by atoms with Crippen molar-refractivity contribution in [2.24, 2.45) is 5.92 Å². The van der Waals surface area contributed by atoms with Gasteiger partial charge in [-0.2, -0.15) is 0 Å². The summed E-state index contributed by atoms with van der Waals surface area (Å²) in [5.74, 6) is 1.71. The molecule has 0 atom stereocenters. The summed E-state index contributed by atoms with van der Waals surface area (Å²) in [6, 6.07) is 7.70. The number of nitrogens with one attached hydrogen (secondary N) is 1. The Labute approximate surface area is 176 Å². The summed E-state index contributed by atoms with van der Waals surface area (Å²) in [6.07, 6.45) is 9.73. The molecule has 1 saturated carbocycles. The van der Waals surface area contributed by atoms with Crippen molar-refractivity contribution in [3.8, 4) is 5.75 Å². The Bertz CT molecular complexity index is 616. The number of hydrogen-bond acceptors (Lipinski definition) is 4. The highest BCUT2D eigenvalue weighted by Gasteiger charge is 2.38. The average molecular weight is 403 g/mol. The van der Waals surface area contributed by atoms with Crippen molar-refractivity contribution < 1.29 is 14.3 Å². The fourth-order valence-corrected chi connectivity index (χ4v) is 4.47. The maximum absolute atomic E-state index is 12.9. The Morgan fingerprint density at radius 3 is 2.38 bits per heavy atom. The van der Waals surface area contributed by atoms with Gasteiger partial charge in [-0.25, -0.2) is 0 Å². The zero-order valence-electron chi connectivity index (χ0n) is 18.3. The van der Waals surface area contributed by atoms with E-state index in [4.69, 9.17) is 9.47 Å². The molecule has 0 spiro atoms. The van der Waals surface area contributed by atoms with Gasteiger partial charge in [-0.15, -0.1) is 0 Å². The maximum atomic E-state index is 12.9. The van der Waals surface area contributed by atoms with Crippen molar-refractivity contribution in [2.45, 2.75) is 70.3 Å². The smallest absolute Gasteiger partial charge is 0.256 e. The number of rotatable bonds is 8. The molecule has 0 aromatic heterocycles. The lowest BCUT2D eigenvalue weighted by molar-refractivity contribution is -0.139. The first-order valence-electron chi connectivity index (χ1n) is 11.4. The van der Waals surface area contributed by atoms with Gasteiger partial charge in [0.1, 0.15) is 11.4 Å². The van der Waals surface area contributed by atoms with Crippen molar-refractivity contribution in [3.05, 3.63) is 24.3 Å². The molecule has 0 radical (unpaired) electrons. The molecule has 1 aromatic rings. The van der Waals surface area contributed by atoms with Crippen LogP contribution >= 0.6 is 0 Å². The van der Waals surface area contributed by atoms with Crippen LogP contribution in [0.4, 0.5) is 5.69 Å². The molecular formula is C24H38N2O3. The Morgan fingerprint density at radius 1 is 1.10 bits per heavy atom. The van der Waals surface area contributed by atoms with Gasteiger partial charge < -0.3 is 19.7 Å². The van der Waals surface area contributed by atoms with Crippen LogP contribution < -0.4 is 10.1 Å². The molecule has 1 aromatic carbocycles. The van der Waals surface area contributed by atoms with Crippen LogP contribution in [0, 0.1) is 5.92 Å². The van der Waals surface area contributed by atoms with Crippen LogP contribution in [0.25, 0.3) is 0 Å². The third kappa shape index (κ3) is 6.45. The minimum absolute atomic E-state index is 0.0218. The van der Waals surface area contributed by atoms with Crippen molar-refractivity contribution in [1.29, 1.82) is 0 Å². The molecule has 0 bridgehead atoms. The van der Waals surface area contributed by atoms with E-state index >= 15 is 0 Å². The number of carbonyl (C=O) groups is 1. The third-order valence-corrected chi connectivity index (χ3v) is 6.59. The van der Waals surface area contributed by atoms with E-state index in [2.05, 4.69) is 17.1 Å². The highest BCUT2D eigenvalue weighted by Crippen LogP contribution is 2.31. The van der Waals surface area contributed by atoms with E-state index < -0.39 is 5.60 Å². The Hall–Kier alpha value is -1.59. The van der Waals surface area contributed by atoms with Crippen LogP contribution in [-0.2, 0) is 9.53 Å². The molecule has 162 valence electrons. The number of likely N-dealkylation sites (tertiary alicyclic amines) is 1. The van der Waals surface area contributed by atoms with Gasteiger partial charge in [0.05, 0.1) is 6.61 Å². The number of methoxy groups -OCH3 is 1. The Balaban J connectivity index is 1.41. The van der Waals surface area contributed by atoms with E-state index in [9.17, 15) is 4.79 Å². The molecule has 1 aliphatic carbocycles. The molecule has 1 aliphatic heterocycles. The quantitative estimate of drug-likeness (QED) is 0.498. The first kappa shape index (κ1) is 22.1. The second-order valence-corrected chi connectivity index (χ2v) is 8.82. The summed E-state index contributed by atoms with van der Waals surface area (Å²) in [4.78, 5) is 15.4. The van der Waals surface area contributed by atoms with Gasteiger partial charge in [-0.05, 0) is 75.4 Å². The van der Waals surface area contributed by atoms with Crippen molar-refractivity contribution in [2.75, 3.05) is 38.7 Å². The van der Waals surface area contributed by atoms with Crippen LogP contribution in [0.5, 0.6) is 5.75 Å². The number of anilines is 1. The first-order chi connectivity index (χ1) is 14.1. The van der Waals surface area contributed by atoms with E-state index in [1.165, 1.54) is 38.8 Å². The van der Waals surface area contributed by atoms with Crippen LogP contribution in [0.15, 0.2) is 24.3 Å². The lowest BCUT2D eigenvalue weighted by Gasteiger charge is -2.30. The van der Waals surface area contributed by atoms with Crippen molar-refractivity contribution in [3.63, 3.8) is 0 Å². The molecule has 1 saturated heterocycles. The highest BCUT2D eigenvalue weighted by molar-refractivity contribution is 5.97. The molecule has 1 N–H and O–H groups in total. The van der Waals surface area contributed by atoms with Crippen LogP contribution in [0.1, 0.15) is 64.7 Å². The minimum Gasteiger partial charge on any atom is -0.494 e. The van der Waals surface area contributed by atoms with E-state index in [1.807, 2.05) is 24.3 Å². The van der Waals surface area contributed by atoms with Gasteiger partial charge in [0.25, 0.3) is 5.91 Å². The van der Waals surface area contributed by atoms with Gasteiger partial charge >= 0.3 is 0 Å². The largest absolute Gasteiger partial charge is 0.494 e. The van der Waals surface area contributed by atoms with Gasteiger partial charge in [0, 0.05) is 19.3 Å². The fourth-order valence-electron chi connectivity index (χ4n) is 4.47. The molecular weight excluding hydrogens is 364 g/mol. The van der Waals surface area contributed by atoms with E-state index in [1.54, 1.807) is 7.11 Å². The van der Waals surface area contributed by atoms with Gasteiger partial charge in [0.15, 0.2) is 0 Å². The number of ether oxygens (including phenoxy) is 2. The summed E-state index contributed by atoms with van der Waals surface area (Å²) >= 11 is 0. The lowest BCUT2D eigenvalue weighted by Crippen LogP contribution is -2.44. The number of nitrogens with zero attached hydrogens (tertiary/aromatic N) is 1. The summed E-state index contributed by atoms with van der Waals surface area (Å²) in [5, 5.41) is 3.05. The predicted molar refractivity (Wildman–Crippen MR) is 117 cm³/mol. The average Bonchev–Trinajstić information content (AvgIpc) is 3.00. The Morgan fingerprint density at radius 2 is 1.76 bits per heavy atom. The zero-order chi connectivity index (χ0) is 20.5. The molecule has 29 heavy (non-hydrogen) atoms. The van der Waals surface area contributed by atoms with Crippen LogP contribution in [0.2, 0.25) is 0 Å². The molecule has 1 amide bonds.